The minimum absolute atomic E-state index is 0.481. The maximum atomic E-state index is 8.52. The molecule has 14 heavy (non-hydrogen) atoms. The SMILES string of the molecule is ONCc1ccc(N2C=NCC2)cc1. The molecule has 1 heterocycles. The average Bonchev–Trinajstić information content (AvgIpc) is 2.72. The third-order valence-electron chi connectivity index (χ3n) is 2.24. The van der Waals surface area contributed by atoms with E-state index in [1.165, 1.54) is 0 Å². The van der Waals surface area contributed by atoms with Gasteiger partial charge in [0.2, 0.25) is 0 Å². The van der Waals surface area contributed by atoms with E-state index in [0.717, 1.165) is 24.3 Å². The summed E-state index contributed by atoms with van der Waals surface area (Å²) in [5, 5.41) is 8.52. The van der Waals surface area contributed by atoms with Crippen LogP contribution in [0.1, 0.15) is 5.56 Å². The third-order valence-corrected chi connectivity index (χ3v) is 2.24. The quantitative estimate of drug-likeness (QED) is 0.701. The van der Waals surface area contributed by atoms with E-state index in [0.29, 0.717) is 6.54 Å². The Balaban J connectivity index is 2.09. The Labute approximate surface area is 82.8 Å². The monoisotopic (exact) mass is 191 g/mol. The average molecular weight is 191 g/mol. The molecule has 74 valence electrons. The van der Waals surface area contributed by atoms with Gasteiger partial charge in [-0.25, -0.2) is 5.48 Å². The van der Waals surface area contributed by atoms with Gasteiger partial charge in [0, 0.05) is 18.8 Å². The third kappa shape index (κ3) is 1.92. The van der Waals surface area contributed by atoms with E-state index < -0.39 is 0 Å². The standard InChI is InChI=1S/C10H13N3O/c14-12-7-9-1-3-10(4-2-9)13-6-5-11-8-13/h1-4,8,12,14H,5-7H2. The van der Waals surface area contributed by atoms with Crippen molar-refractivity contribution in [1.82, 2.24) is 5.48 Å². The van der Waals surface area contributed by atoms with Crippen LogP contribution in [0.2, 0.25) is 0 Å². The molecular formula is C10H13N3O. The molecular weight excluding hydrogens is 178 g/mol. The lowest BCUT2D eigenvalue weighted by Crippen LogP contribution is -2.18. The smallest absolute Gasteiger partial charge is 0.0895 e. The van der Waals surface area contributed by atoms with Gasteiger partial charge in [0.15, 0.2) is 0 Å². The summed E-state index contributed by atoms with van der Waals surface area (Å²) >= 11 is 0. The zero-order valence-corrected chi connectivity index (χ0v) is 7.85. The van der Waals surface area contributed by atoms with E-state index in [2.05, 4.69) is 15.4 Å². The number of hydrogen-bond acceptors (Lipinski definition) is 4. The first-order valence-electron chi connectivity index (χ1n) is 4.62. The topological polar surface area (TPSA) is 47.9 Å². The van der Waals surface area contributed by atoms with Crippen LogP contribution >= 0.6 is 0 Å². The number of benzene rings is 1. The first kappa shape index (κ1) is 9.18. The predicted molar refractivity (Wildman–Crippen MR) is 55.8 cm³/mol. The van der Waals surface area contributed by atoms with E-state index in [4.69, 9.17) is 5.21 Å². The van der Waals surface area contributed by atoms with E-state index in [1.54, 1.807) is 0 Å². The van der Waals surface area contributed by atoms with Crippen LogP contribution in [0.4, 0.5) is 5.69 Å². The van der Waals surface area contributed by atoms with Crippen LogP contribution in [-0.4, -0.2) is 24.6 Å². The first-order valence-corrected chi connectivity index (χ1v) is 4.62. The molecule has 0 fully saturated rings. The lowest BCUT2D eigenvalue weighted by Gasteiger charge is -2.13. The van der Waals surface area contributed by atoms with Crippen LogP contribution < -0.4 is 10.4 Å². The highest BCUT2D eigenvalue weighted by molar-refractivity contribution is 5.80. The molecule has 0 saturated heterocycles. The van der Waals surface area contributed by atoms with Crippen molar-refractivity contribution in [3.05, 3.63) is 29.8 Å². The Morgan fingerprint density at radius 1 is 1.36 bits per heavy atom. The van der Waals surface area contributed by atoms with Gasteiger partial charge in [-0.3, -0.25) is 4.99 Å². The number of nitrogens with zero attached hydrogens (tertiary/aromatic N) is 2. The van der Waals surface area contributed by atoms with Crippen molar-refractivity contribution < 1.29 is 5.21 Å². The molecule has 0 saturated carbocycles. The summed E-state index contributed by atoms with van der Waals surface area (Å²) in [5.74, 6) is 0. The highest BCUT2D eigenvalue weighted by atomic mass is 16.5. The Morgan fingerprint density at radius 3 is 2.71 bits per heavy atom. The fraction of sp³-hybridized carbons (Fsp3) is 0.300. The molecule has 0 atom stereocenters. The zero-order chi connectivity index (χ0) is 9.80. The Hall–Kier alpha value is -1.39. The molecule has 2 rings (SSSR count). The summed E-state index contributed by atoms with van der Waals surface area (Å²) in [6.07, 6.45) is 1.86. The van der Waals surface area contributed by atoms with Crippen LogP contribution in [0.15, 0.2) is 29.3 Å². The first-order chi connectivity index (χ1) is 6.90. The number of hydroxylamine groups is 1. The summed E-state index contributed by atoms with van der Waals surface area (Å²) in [4.78, 5) is 6.26. The number of hydrogen-bond donors (Lipinski definition) is 2. The minimum atomic E-state index is 0.481. The van der Waals surface area contributed by atoms with E-state index in [1.807, 2.05) is 30.6 Å². The summed E-state index contributed by atoms with van der Waals surface area (Å²) in [7, 11) is 0. The van der Waals surface area contributed by atoms with E-state index in [-0.39, 0.29) is 0 Å². The van der Waals surface area contributed by atoms with Crippen molar-refractivity contribution in [2.24, 2.45) is 4.99 Å². The van der Waals surface area contributed by atoms with Gasteiger partial charge < -0.3 is 10.1 Å². The van der Waals surface area contributed by atoms with Gasteiger partial charge in [-0.1, -0.05) is 12.1 Å². The van der Waals surface area contributed by atoms with Crippen molar-refractivity contribution >= 4 is 12.0 Å². The molecule has 1 aromatic rings. The highest BCUT2D eigenvalue weighted by Gasteiger charge is 2.06. The van der Waals surface area contributed by atoms with Crippen molar-refractivity contribution in [3.8, 4) is 0 Å². The largest absolute Gasteiger partial charge is 0.331 e. The molecule has 4 heteroatoms. The Kier molecular flexibility index (Phi) is 2.76. The number of nitrogens with one attached hydrogen (secondary N) is 1. The molecule has 0 bridgehead atoms. The van der Waals surface area contributed by atoms with Crippen LogP contribution in [0.3, 0.4) is 0 Å². The van der Waals surface area contributed by atoms with Crippen LogP contribution in [-0.2, 0) is 6.54 Å². The van der Waals surface area contributed by atoms with Gasteiger partial charge >= 0.3 is 0 Å². The molecule has 0 aromatic heterocycles. The summed E-state index contributed by atoms with van der Waals surface area (Å²) in [5.41, 5.74) is 4.34. The molecule has 1 aliphatic rings. The van der Waals surface area contributed by atoms with Gasteiger partial charge in [0.05, 0.1) is 12.9 Å². The van der Waals surface area contributed by atoms with E-state index in [9.17, 15) is 0 Å². The van der Waals surface area contributed by atoms with Crippen molar-refractivity contribution in [1.29, 1.82) is 0 Å². The lowest BCUT2D eigenvalue weighted by atomic mass is 10.2. The van der Waals surface area contributed by atoms with Crippen LogP contribution in [0.5, 0.6) is 0 Å². The number of rotatable bonds is 3. The second-order valence-electron chi connectivity index (χ2n) is 3.22. The molecule has 1 aliphatic heterocycles. The second-order valence-corrected chi connectivity index (χ2v) is 3.22. The maximum absolute atomic E-state index is 8.52. The summed E-state index contributed by atoms with van der Waals surface area (Å²) < 4.78 is 0. The normalized spacial score (nSPS) is 15.1. The molecule has 0 aliphatic carbocycles. The van der Waals surface area contributed by atoms with Crippen molar-refractivity contribution in [2.45, 2.75) is 6.54 Å². The molecule has 0 amide bonds. The fourth-order valence-electron chi connectivity index (χ4n) is 1.47. The molecule has 0 radical (unpaired) electrons. The van der Waals surface area contributed by atoms with Gasteiger partial charge in [-0.15, -0.1) is 0 Å². The zero-order valence-electron chi connectivity index (χ0n) is 7.85. The van der Waals surface area contributed by atoms with Gasteiger partial charge in [-0.05, 0) is 17.7 Å². The Bertz CT molecular complexity index is 321. The lowest BCUT2D eigenvalue weighted by molar-refractivity contribution is 0.161. The number of aliphatic imine (C=N–C) groups is 1. The van der Waals surface area contributed by atoms with Gasteiger partial charge in [-0.2, -0.15) is 0 Å². The van der Waals surface area contributed by atoms with Gasteiger partial charge in [0.1, 0.15) is 0 Å². The van der Waals surface area contributed by atoms with Crippen molar-refractivity contribution in [3.63, 3.8) is 0 Å². The maximum Gasteiger partial charge on any atom is 0.0895 e. The fourth-order valence-corrected chi connectivity index (χ4v) is 1.47. The second kappa shape index (κ2) is 4.21. The summed E-state index contributed by atoms with van der Waals surface area (Å²) in [6, 6.07) is 8.05. The van der Waals surface area contributed by atoms with Gasteiger partial charge in [0.25, 0.3) is 0 Å². The van der Waals surface area contributed by atoms with Crippen LogP contribution in [0, 0.1) is 0 Å². The predicted octanol–water partition coefficient (Wildman–Crippen LogP) is 1.01. The molecule has 4 nitrogen and oxygen atoms in total. The number of anilines is 1. The summed E-state index contributed by atoms with van der Waals surface area (Å²) in [6.45, 7) is 2.31. The van der Waals surface area contributed by atoms with Crippen molar-refractivity contribution in [2.75, 3.05) is 18.0 Å². The Morgan fingerprint density at radius 2 is 2.14 bits per heavy atom. The molecule has 1 aromatic carbocycles. The molecule has 0 unspecified atom stereocenters. The molecule has 2 N–H and O–H groups in total. The minimum Gasteiger partial charge on any atom is -0.331 e. The van der Waals surface area contributed by atoms with E-state index >= 15 is 0 Å². The highest BCUT2D eigenvalue weighted by Crippen LogP contribution is 2.15. The van der Waals surface area contributed by atoms with Crippen LogP contribution in [0.25, 0.3) is 0 Å². The molecule has 0 spiro atoms.